The average molecular weight is 472 g/mol. The van der Waals surface area contributed by atoms with Gasteiger partial charge in [0.25, 0.3) is 11.6 Å². The SMILES string of the molecule is O=C1C(=Cc2ccccc2S)NC(c2ccccc2)N1c1c(Cl)cc([N+](=O)[O-])cc1Cl. The fraction of sp³-hybridized carbons (Fsp3) is 0.0455. The van der Waals surface area contributed by atoms with E-state index in [4.69, 9.17) is 23.2 Å². The molecule has 0 bridgehead atoms. The number of benzene rings is 3. The number of nitro groups is 1. The molecule has 1 saturated heterocycles. The summed E-state index contributed by atoms with van der Waals surface area (Å²) in [6.45, 7) is 0. The monoisotopic (exact) mass is 471 g/mol. The lowest BCUT2D eigenvalue weighted by Gasteiger charge is -2.25. The Hall–Kier alpha value is -3.00. The number of halogens is 2. The number of carbonyl (C=O) groups excluding carboxylic acids is 1. The van der Waals surface area contributed by atoms with E-state index in [2.05, 4.69) is 17.9 Å². The predicted octanol–water partition coefficient (Wildman–Crippen LogP) is 5.87. The summed E-state index contributed by atoms with van der Waals surface area (Å²) in [6.07, 6.45) is 1.09. The van der Waals surface area contributed by atoms with E-state index in [1.54, 1.807) is 6.08 Å². The van der Waals surface area contributed by atoms with Crippen molar-refractivity contribution in [1.29, 1.82) is 0 Å². The van der Waals surface area contributed by atoms with Crippen LogP contribution in [0.1, 0.15) is 17.3 Å². The van der Waals surface area contributed by atoms with Crippen LogP contribution in [0.2, 0.25) is 10.0 Å². The minimum absolute atomic E-state index is 0.00567. The van der Waals surface area contributed by atoms with E-state index in [0.717, 1.165) is 11.1 Å². The second-order valence-corrected chi connectivity index (χ2v) is 8.06. The van der Waals surface area contributed by atoms with Crippen molar-refractivity contribution >= 4 is 59.2 Å². The van der Waals surface area contributed by atoms with E-state index in [0.29, 0.717) is 10.6 Å². The summed E-state index contributed by atoms with van der Waals surface area (Å²) in [5.41, 5.74) is 1.82. The number of hydrogen-bond donors (Lipinski definition) is 2. The fourth-order valence-electron chi connectivity index (χ4n) is 3.38. The zero-order chi connectivity index (χ0) is 22.1. The van der Waals surface area contributed by atoms with Crippen LogP contribution in [0, 0.1) is 10.1 Å². The Bertz CT molecular complexity index is 1190. The lowest BCUT2D eigenvalue weighted by atomic mass is 10.1. The Balaban J connectivity index is 1.86. The van der Waals surface area contributed by atoms with Crippen molar-refractivity contribution in [2.45, 2.75) is 11.1 Å². The van der Waals surface area contributed by atoms with Crippen LogP contribution in [0.4, 0.5) is 11.4 Å². The molecule has 156 valence electrons. The van der Waals surface area contributed by atoms with Crippen LogP contribution in [0.5, 0.6) is 0 Å². The molecule has 0 radical (unpaired) electrons. The summed E-state index contributed by atoms with van der Waals surface area (Å²) < 4.78 is 0. The molecular formula is C22H15Cl2N3O3S. The number of thiol groups is 1. The molecule has 0 aliphatic carbocycles. The summed E-state index contributed by atoms with van der Waals surface area (Å²) in [5.74, 6) is -0.372. The Morgan fingerprint density at radius 1 is 1.03 bits per heavy atom. The van der Waals surface area contributed by atoms with E-state index in [-0.39, 0.29) is 27.3 Å². The maximum absolute atomic E-state index is 13.4. The number of hydrogen-bond acceptors (Lipinski definition) is 5. The predicted molar refractivity (Wildman–Crippen MR) is 125 cm³/mol. The molecule has 1 N–H and O–H groups in total. The van der Waals surface area contributed by atoms with Crippen LogP contribution in [0.15, 0.2) is 77.3 Å². The summed E-state index contributed by atoms with van der Waals surface area (Å²) in [4.78, 5) is 26.1. The molecule has 1 heterocycles. The molecule has 6 nitrogen and oxygen atoms in total. The van der Waals surface area contributed by atoms with Gasteiger partial charge < -0.3 is 5.32 Å². The maximum Gasteiger partial charge on any atom is 0.276 e. The Labute approximate surface area is 193 Å². The van der Waals surface area contributed by atoms with E-state index in [9.17, 15) is 14.9 Å². The summed E-state index contributed by atoms with van der Waals surface area (Å²) in [7, 11) is 0. The first kappa shape index (κ1) is 21.2. The topological polar surface area (TPSA) is 75.5 Å². The summed E-state index contributed by atoms with van der Waals surface area (Å²) >= 11 is 17.2. The zero-order valence-corrected chi connectivity index (χ0v) is 18.2. The first-order chi connectivity index (χ1) is 14.9. The van der Waals surface area contributed by atoms with E-state index >= 15 is 0 Å². The van der Waals surface area contributed by atoms with Gasteiger partial charge in [0.2, 0.25) is 0 Å². The molecule has 3 aromatic carbocycles. The van der Waals surface area contributed by atoms with E-state index in [1.165, 1.54) is 17.0 Å². The second kappa shape index (κ2) is 8.63. The number of nitro benzene ring substituents is 1. The van der Waals surface area contributed by atoms with Crippen molar-refractivity contribution in [3.8, 4) is 0 Å². The van der Waals surface area contributed by atoms with Gasteiger partial charge in [-0.15, -0.1) is 12.6 Å². The number of nitrogens with zero attached hydrogens (tertiary/aromatic N) is 2. The van der Waals surface area contributed by atoms with Gasteiger partial charge in [-0.05, 0) is 23.3 Å². The van der Waals surface area contributed by atoms with Crippen LogP contribution in [-0.2, 0) is 4.79 Å². The van der Waals surface area contributed by atoms with Gasteiger partial charge in [0.1, 0.15) is 11.9 Å². The van der Waals surface area contributed by atoms with Crippen molar-refractivity contribution in [3.05, 3.63) is 104 Å². The summed E-state index contributed by atoms with van der Waals surface area (Å²) in [6, 6.07) is 19.0. The molecule has 1 amide bonds. The Morgan fingerprint density at radius 3 is 2.26 bits per heavy atom. The highest BCUT2D eigenvalue weighted by Crippen LogP contribution is 2.43. The van der Waals surface area contributed by atoms with Gasteiger partial charge in [-0.25, -0.2) is 0 Å². The number of nitrogens with one attached hydrogen (secondary N) is 1. The third-order valence-corrected chi connectivity index (χ3v) is 5.79. The van der Waals surface area contributed by atoms with Gasteiger partial charge in [-0.1, -0.05) is 71.7 Å². The van der Waals surface area contributed by atoms with Gasteiger partial charge in [0.15, 0.2) is 0 Å². The molecule has 0 aromatic heterocycles. The van der Waals surface area contributed by atoms with Gasteiger partial charge in [-0.2, -0.15) is 0 Å². The molecule has 0 spiro atoms. The minimum Gasteiger partial charge on any atom is -0.357 e. The first-order valence-corrected chi connectivity index (χ1v) is 10.4. The highest BCUT2D eigenvalue weighted by Gasteiger charge is 2.39. The van der Waals surface area contributed by atoms with Gasteiger partial charge in [-0.3, -0.25) is 19.8 Å². The second-order valence-electron chi connectivity index (χ2n) is 6.76. The number of carbonyl (C=O) groups is 1. The Morgan fingerprint density at radius 2 is 1.65 bits per heavy atom. The van der Waals surface area contributed by atoms with Crippen molar-refractivity contribution in [2.24, 2.45) is 0 Å². The molecular weight excluding hydrogens is 457 g/mol. The Kier molecular flexibility index (Phi) is 5.91. The molecule has 3 aromatic rings. The van der Waals surface area contributed by atoms with Crippen molar-refractivity contribution in [1.82, 2.24) is 5.32 Å². The zero-order valence-electron chi connectivity index (χ0n) is 15.8. The molecule has 31 heavy (non-hydrogen) atoms. The van der Waals surface area contributed by atoms with Crippen molar-refractivity contribution in [2.75, 3.05) is 4.90 Å². The standard InChI is InChI=1S/C22H15Cl2N3O3S/c23-16-11-15(27(29)30)12-17(24)20(16)26-21(13-6-2-1-3-7-13)25-18(22(26)28)10-14-8-4-5-9-19(14)31/h1-12,21,25,31H. The molecule has 1 aliphatic rings. The van der Waals surface area contributed by atoms with Crippen LogP contribution >= 0.6 is 35.8 Å². The van der Waals surface area contributed by atoms with Crippen LogP contribution in [0.25, 0.3) is 6.08 Å². The molecule has 0 saturated carbocycles. The first-order valence-electron chi connectivity index (χ1n) is 9.15. The average Bonchev–Trinajstić information content (AvgIpc) is 3.06. The molecule has 1 unspecified atom stereocenters. The molecule has 4 rings (SSSR count). The summed E-state index contributed by atoms with van der Waals surface area (Å²) in [5, 5.41) is 14.4. The fourth-order valence-corrected chi connectivity index (χ4v) is 4.26. The molecule has 9 heteroatoms. The van der Waals surface area contributed by atoms with Crippen molar-refractivity contribution in [3.63, 3.8) is 0 Å². The van der Waals surface area contributed by atoms with E-state index in [1.807, 2.05) is 54.6 Å². The quantitative estimate of drug-likeness (QED) is 0.216. The smallest absolute Gasteiger partial charge is 0.276 e. The number of amides is 1. The van der Waals surface area contributed by atoms with Crippen LogP contribution in [0.3, 0.4) is 0 Å². The molecule has 1 atom stereocenters. The highest BCUT2D eigenvalue weighted by atomic mass is 35.5. The lowest BCUT2D eigenvalue weighted by Crippen LogP contribution is -2.30. The third kappa shape index (κ3) is 4.12. The minimum atomic E-state index is -0.608. The van der Waals surface area contributed by atoms with Crippen LogP contribution < -0.4 is 10.2 Å². The number of non-ortho nitro benzene ring substituents is 1. The molecule has 1 fully saturated rings. The normalized spacial score (nSPS) is 17.1. The number of anilines is 1. The van der Waals surface area contributed by atoms with Gasteiger partial charge in [0.05, 0.1) is 20.7 Å². The van der Waals surface area contributed by atoms with Gasteiger partial charge >= 0.3 is 0 Å². The maximum atomic E-state index is 13.4. The number of rotatable bonds is 4. The van der Waals surface area contributed by atoms with E-state index < -0.39 is 11.1 Å². The molecule has 1 aliphatic heterocycles. The lowest BCUT2D eigenvalue weighted by molar-refractivity contribution is -0.384. The largest absolute Gasteiger partial charge is 0.357 e. The van der Waals surface area contributed by atoms with Gasteiger partial charge in [0, 0.05) is 17.0 Å². The van der Waals surface area contributed by atoms with Crippen molar-refractivity contribution < 1.29 is 9.72 Å². The third-order valence-electron chi connectivity index (χ3n) is 4.80. The highest BCUT2D eigenvalue weighted by molar-refractivity contribution is 7.80. The van der Waals surface area contributed by atoms with Crippen LogP contribution in [-0.4, -0.2) is 10.8 Å².